The lowest BCUT2D eigenvalue weighted by Crippen LogP contribution is -2.37. The van der Waals surface area contributed by atoms with Gasteiger partial charge in [0.25, 0.3) is 0 Å². The summed E-state index contributed by atoms with van der Waals surface area (Å²) in [5.41, 5.74) is 8.05. The van der Waals surface area contributed by atoms with Crippen molar-refractivity contribution in [2.45, 2.75) is 12.0 Å². The van der Waals surface area contributed by atoms with Crippen molar-refractivity contribution in [2.75, 3.05) is 0 Å². The highest BCUT2D eigenvalue weighted by Crippen LogP contribution is 2.58. The summed E-state index contributed by atoms with van der Waals surface area (Å²) in [5.74, 6) is 0.946. The van der Waals surface area contributed by atoms with Crippen LogP contribution in [0.4, 0.5) is 0 Å². The van der Waals surface area contributed by atoms with Crippen LogP contribution in [0.3, 0.4) is 0 Å². The average molecular weight is 346 g/mol. The highest BCUT2D eigenvalue weighted by atomic mass is 16.5. The maximum atomic E-state index is 6.92. The first-order chi connectivity index (χ1) is 13.4. The van der Waals surface area contributed by atoms with Gasteiger partial charge in [-0.15, -0.1) is 0 Å². The van der Waals surface area contributed by atoms with E-state index in [0.29, 0.717) is 0 Å². The molecule has 0 saturated heterocycles. The van der Waals surface area contributed by atoms with Gasteiger partial charge in [0.1, 0.15) is 5.75 Å². The molecule has 0 N–H and O–H groups in total. The Labute approximate surface area is 158 Å². The van der Waals surface area contributed by atoms with E-state index in [1.807, 2.05) is 0 Å². The minimum absolute atomic E-state index is 0.595. The van der Waals surface area contributed by atoms with Gasteiger partial charge in [-0.3, -0.25) is 0 Å². The van der Waals surface area contributed by atoms with Crippen LogP contribution in [-0.2, 0) is 5.60 Å². The van der Waals surface area contributed by atoms with E-state index in [4.69, 9.17) is 4.74 Å². The maximum Gasteiger partial charge on any atom is 0.186 e. The second-order valence-electron chi connectivity index (χ2n) is 7.24. The van der Waals surface area contributed by atoms with Crippen LogP contribution < -0.4 is 4.74 Å². The first-order valence-electron chi connectivity index (χ1n) is 9.45. The van der Waals surface area contributed by atoms with Crippen LogP contribution in [0, 0.1) is 0 Å². The first kappa shape index (κ1) is 14.8. The van der Waals surface area contributed by atoms with Gasteiger partial charge in [-0.05, 0) is 29.2 Å². The van der Waals surface area contributed by atoms with Gasteiger partial charge in [0.2, 0.25) is 0 Å². The van der Waals surface area contributed by atoms with Gasteiger partial charge in [-0.1, -0.05) is 91.0 Å². The Bertz CT molecular complexity index is 1180. The molecular weight excluding hydrogens is 328 g/mol. The third kappa shape index (κ3) is 1.84. The molecule has 0 aromatic heterocycles. The van der Waals surface area contributed by atoms with E-state index in [2.05, 4.69) is 97.1 Å². The number of fused-ring (bicyclic) bond motifs is 8. The fourth-order valence-corrected chi connectivity index (χ4v) is 4.77. The number of hydrogen-bond donors (Lipinski definition) is 0. The zero-order valence-corrected chi connectivity index (χ0v) is 14.9. The minimum Gasteiger partial charge on any atom is -0.472 e. The van der Waals surface area contributed by atoms with Crippen LogP contribution >= 0.6 is 0 Å². The Kier molecular flexibility index (Phi) is 2.93. The Morgan fingerprint density at radius 1 is 0.630 bits per heavy atom. The summed E-state index contributed by atoms with van der Waals surface area (Å²) >= 11 is 0. The molecule has 3 aromatic rings. The zero-order valence-electron chi connectivity index (χ0n) is 14.9. The summed E-state index contributed by atoms with van der Waals surface area (Å²) in [5, 5.41) is 0. The number of benzene rings is 3. The third-order valence-corrected chi connectivity index (χ3v) is 5.85. The molecule has 0 radical (unpaired) electrons. The van der Waals surface area contributed by atoms with Crippen molar-refractivity contribution < 1.29 is 4.74 Å². The number of ether oxygens (including phenoxy) is 1. The molecule has 1 atom stereocenters. The van der Waals surface area contributed by atoms with E-state index >= 15 is 0 Å². The lowest BCUT2D eigenvalue weighted by Gasteiger charge is -2.40. The third-order valence-electron chi connectivity index (χ3n) is 5.85. The second kappa shape index (κ2) is 5.34. The first-order valence-corrected chi connectivity index (χ1v) is 9.45. The van der Waals surface area contributed by atoms with Gasteiger partial charge in [0.15, 0.2) is 5.60 Å². The van der Waals surface area contributed by atoms with E-state index < -0.39 is 5.60 Å². The van der Waals surface area contributed by atoms with Crippen molar-refractivity contribution in [3.05, 3.63) is 119 Å². The van der Waals surface area contributed by atoms with Crippen LogP contribution in [0.5, 0.6) is 5.75 Å². The molecule has 0 fully saturated rings. The number of hydrogen-bond acceptors (Lipinski definition) is 1. The summed E-state index contributed by atoms with van der Waals surface area (Å²) in [6, 6.07) is 25.7. The fourth-order valence-electron chi connectivity index (χ4n) is 4.77. The maximum absolute atomic E-state index is 6.92. The normalized spacial score (nSPS) is 21.2. The van der Waals surface area contributed by atoms with Crippen molar-refractivity contribution in [1.29, 1.82) is 0 Å². The van der Waals surface area contributed by atoms with Gasteiger partial charge in [-0.25, -0.2) is 0 Å². The molecule has 3 aliphatic rings. The predicted molar refractivity (Wildman–Crippen MR) is 110 cm³/mol. The molecule has 1 unspecified atom stereocenters. The Morgan fingerprint density at radius 2 is 1.26 bits per heavy atom. The summed E-state index contributed by atoms with van der Waals surface area (Å²) in [6.07, 6.45) is 9.94. The summed E-state index contributed by atoms with van der Waals surface area (Å²) in [4.78, 5) is 0. The smallest absolute Gasteiger partial charge is 0.186 e. The van der Waals surface area contributed by atoms with Crippen molar-refractivity contribution in [1.82, 2.24) is 0 Å². The van der Waals surface area contributed by atoms with Crippen LogP contribution in [0.15, 0.2) is 103 Å². The van der Waals surface area contributed by atoms with Crippen molar-refractivity contribution in [2.24, 2.45) is 0 Å². The highest BCUT2D eigenvalue weighted by Gasteiger charge is 2.50. The molecule has 1 nitrogen and oxygen atoms in total. The lowest BCUT2D eigenvalue weighted by atomic mass is 9.77. The van der Waals surface area contributed by atoms with Crippen LogP contribution in [-0.4, -0.2) is 0 Å². The molecule has 128 valence electrons. The predicted octanol–water partition coefficient (Wildman–Crippen LogP) is 6.27. The van der Waals surface area contributed by atoms with Crippen molar-refractivity contribution in [3.63, 3.8) is 0 Å². The number of rotatable bonds is 0. The lowest BCUT2D eigenvalue weighted by molar-refractivity contribution is 0.155. The zero-order chi connectivity index (χ0) is 17.8. The monoisotopic (exact) mass is 346 g/mol. The molecule has 6 rings (SSSR count). The molecule has 2 aliphatic carbocycles. The van der Waals surface area contributed by atoms with Gasteiger partial charge < -0.3 is 4.74 Å². The van der Waals surface area contributed by atoms with Gasteiger partial charge in [0.05, 0.1) is 0 Å². The van der Waals surface area contributed by atoms with E-state index in [9.17, 15) is 0 Å². The Balaban J connectivity index is 1.77. The molecule has 3 aromatic carbocycles. The van der Waals surface area contributed by atoms with E-state index in [-0.39, 0.29) is 0 Å². The SMILES string of the molecule is C1=CC2=C(C=CC1)C1(Oc3ccccc3-c3ccccc31)c1ccccc12. The molecule has 1 aliphatic heterocycles. The van der Waals surface area contributed by atoms with Crippen LogP contribution in [0.2, 0.25) is 0 Å². The number of para-hydroxylation sites is 1. The summed E-state index contributed by atoms with van der Waals surface area (Å²) in [7, 11) is 0. The van der Waals surface area contributed by atoms with Crippen LogP contribution in [0.1, 0.15) is 23.1 Å². The van der Waals surface area contributed by atoms with Crippen molar-refractivity contribution in [3.8, 4) is 16.9 Å². The average Bonchev–Trinajstić information content (AvgIpc) is 2.88. The van der Waals surface area contributed by atoms with Gasteiger partial charge in [-0.2, -0.15) is 0 Å². The largest absolute Gasteiger partial charge is 0.472 e. The molecule has 0 bridgehead atoms. The molecule has 1 heterocycles. The van der Waals surface area contributed by atoms with Gasteiger partial charge >= 0.3 is 0 Å². The summed E-state index contributed by atoms with van der Waals surface area (Å²) in [6.45, 7) is 0. The Hall–Kier alpha value is -3.32. The van der Waals surface area contributed by atoms with Gasteiger partial charge in [0, 0.05) is 22.3 Å². The highest BCUT2D eigenvalue weighted by molar-refractivity contribution is 5.92. The standard InChI is InChI=1S/C26H18O/c1-2-10-18-19-11-4-7-15-23(19)26(22(18)14-3-1)24-16-8-5-12-20(24)21-13-6-9-17-25(21)27-26/h2-17H,1H2. The molecule has 1 spiro atoms. The van der Waals surface area contributed by atoms with E-state index in [1.165, 1.54) is 39.0 Å². The summed E-state index contributed by atoms with van der Waals surface area (Å²) < 4.78 is 6.92. The Morgan fingerprint density at radius 3 is 2.11 bits per heavy atom. The second-order valence-corrected chi connectivity index (χ2v) is 7.24. The molecule has 0 amide bonds. The van der Waals surface area contributed by atoms with E-state index in [1.54, 1.807) is 0 Å². The topological polar surface area (TPSA) is 9.23 Å². The van der Waals surface area contributed by atoms with Crippen molar-refractivity contribution >= 4 is 5.57 Å². The molecule has 1 heteroatoms. The molecule has 0 saturated carbocycles. The minimum atomic E-state index is -0.595. The number of allylic oxidation sites excluding steroid dienone is 4. The fraction of sp³-hybridized carbons (Fsp3) is 0.0769. The van der Waals surface area contributed by atoms with E-state index in [0.717, 1.165) is 12.2 Å². The molecule has 27 heavy (non-hydrogen) atoms. The van der Waals surface area contributed by atoms with Crippen LogP contribution in [0.25, 0.3) is 16.7 Å². The quantitative estimate of drug-likeness (QED) is 0.466. The molecular formula is C26H18O.